The number of quaternary nitrogens is 1. The molecule has 0 aromatic heterocycles. The quantitative estimate of drug-likeness (QED) is 0.0181. The van der Waals surface area contributed by atoms with Gasteiger partial charge in [-0.15, -0.1) is 0 Å². The Balaban J connectivity index is 2.51. The van der Waals surface area contributed by atoms with Crippen LogP contribution in [0, 0.1) is 11.8 Å². The minimum Gasteiger partial charge on any atom is -0.392 e. The number of likely N-dealkylation sites (N-methyl/N-ethyl adjacent to an activating group) is 1. The summed E-state index contributed by atoms with van der Waals surface area (Å²) in [5.41, 5.74) is 0. The molecule has 0 bridgehead atoms. The van der Waals surface area contributed by atoms with Gasteiger partial charge in [-0.05, 0) is 25.7 Å². The molecule has 0 aromatic carbocycles. The fourth-order valence-corrected chi connectivity index (χ4v) is 8.03. The van der Waals surface area contributed by atoms with Gasteiger partial charge in [0.1, 0.15) is 18.9 Å². The van der Waals surface area contributed by atoms with Crippen molar-refractivity contribution in [1.29, 1.82) is 0 Å². The molecule has 5 N–H and O–H groups in total. The van der Waals surface area contributed by atoms with Gasteiger partial charge in [0, 0.05) is 24.7 Å². The second-order valence-electron chi connectivity index (χ2n) is 17.2. The van der Waals surface area contributed by atoms with Gasteiger partial charge in [0.05, 0.1) is 52.1 Å². The molecule has 55 heavy (non-hydrogen) atoms. The van der Waals surface area contributed by atoms with Crippen LogP contribution in [0.3, 0.4) is 0 Å². The summed E-state index contributed by atoms with van der Waals surface area (Å²) >= 11 is 0. The highest BCUT2D eigenvalue weighted by Crippen LogP contribution is 2.43. The Hall–Kier alpha value is -1.17. The lowest BCUT2D eigenvalue weighted by Crippen LogP contribution is -2.46. The van der Waals surface area contributed by atoms with E-state index in [-0.39, 0.29) is 49.6 Å². The monoisotopic (exact) mass is 804 g/mol. The minimum absolute atomic E-state index is 0.0327. The minimum atomic E-state index is -4.38. The van der Waals surface area contributed by atoms with Crippen molar-refractivity contribution in [3.63, 3.8) is 0 Å². The van der Waals surface area contributed by atoms with Gasteiger partial charge in [0.15, 0.2) is 0 Å². The van der Waals surface area contributed by atoms with Gasteiger partial charge in [0.25, 0.3) is 0 Å². The normalized spacial score (nSPS) is 20.5. The average molecular weight is 804 g/mol. The molecule has 1 aliphatic rings. The summed E-state index contributed by atoms with van der Waals surface area (Å²) in [7, 11) is 1.47. The molecule has 1 amide bonds. The Bertz CT molecular complexity index is 1070. The highest BCUT2D eigenvalue weighted by Gasteiger charge is 2.39. The van der Waals surface area contributed by atoms with Crippen LogP contribution in [0.4, 0.5) is 0 Å². The number of unbranched alkanes of at least 4 members (excludes halogenated alkanes) is 17. The molecule has 12 heteroatoms. The van der Waals surface area contributed by atoms with Crippen LogP contribution in [0.25, 0.3) is 0 Å². The van der Waals surface area contributed by atoms with E-state index in [0.29, 0.717) is 36.7 Å². The van der Waals surface area contributed by atoms with E-state index in [2.05, 4.69) is 19.2 Å². The third-order valence-electron chi connectivity index (χ3n) is 10.9. The maximum Gasteiger partial charge on any atom is 0.472 e. The number of rotatable bonds is 36. The topological polar surface area (TPSA) is 163 Å². The standard InChI is InChI=1S/C43H83N2O9P/c1-6-8-10-11-12-13-14-15-16-17-18-19-24-28-40(47)39(35-54-55(51,52)53-33-32-45(3,4)5)44-43(50)29-25-21-20-23-27-37-38(42(49)34-41(37)48)31-30-36(46)26-22-9-7-2/h30-31,36-40,42,46-47,49H,6-29,32-35H2,1-5H3,(H-,44,50,51,52)/p+1/b31-30+/t36-,37+,38+,39-,40+,42+/m0/s1. The molecule has 0 aromatic rings. The van der Waals surface area contributed by atoms with Gasteiger partial charge in [-0.25, -0.2) is 4.57 Å². The van der Waals surface area contributed by atoms with Crippen LogP contribution in [0.2, 0.25) is 0 Å². The number of nitrogens with zero attached hydrogens (tertiary/aromatic N) is 1. The molecular formula is C43H84N2O9P+. The Morgan fingerprint density at radius 1 is 0.818 bits per heavy atom. The number of nitrogens with one attached hydrogen (secondary N) is 1. The number of carbonyl (C=O) groups excluding carboxylic acids is 2. The maximum absolute atomic E-state index is 13.0. The van der Waals surface area contributed by atoms with Gasteiger partial charge in [0.2, 0.25) is 5.91 Å². The van der Waals surface area contributed by atoms with Crippen molar-refractivity contribution in [2.75, 3.05) is 40.9 Å². The molecule has 0 saturated heterocycles. The van der Waals surface area contributed by atoms with Crippen molar-refractivity contribution in [2.24, 2.45) is 11.8 Å². The number of phosphoric acid groups is 1. The van der Waals surface area contributed by atoms with E-state index in [4.69, 9.17) is 9.05 Å². The SMILES string of the molecule is CCCCCCCCCCCCCCC[C@@H](O)[C@H](COP(=O)(O)OCC[N+](C)(C)C)NC(=O)CCCCCC[C@H]1C(=O)C[C@@H](O)[C@@H]1/C=C/[C@@H](O)CCCCC. The number of phosphoric ester groups is 1. The maximum atomic E-state index is 13.0. The Morgan fingerprint density at radius 3 is 1.95 bits per heavy atom. The number of aliphatic hydroxyl groups is 3. The molecule has 1 saturated carbocycles. The lowest BCUT2D eigenvalue weighted by Gasteiger charge is -2.26. The number of hydrogen-bond donors (Lipinski definition) is 5. The predicted molar refractivity (Wildman–Crippen MR) is 222 cm³/mol. The Morgan fingerprint density at radius 2 is 1.35 bits per heavy atom. The second kappa shape index (κ2) is 30.8. The Labute approximate surface area is 335 Å². The van der Waals surface area contributed by atoms with Crippen molar-refractivity contribution in [3.05, 3.63) is 12.2 Å². The van der Waals surface area contributed by atoms with Crippen molar-refractivity contribution in [2.45, 2.75) is 199 Å². The lowest BCUT2D eigenvalue weighted by atomic mass is 9.88. The van der Waals surface area contributed by atoms with Crippen LogP contribution in [0.1, 0.15) is 174 Å². The van der Waals surface area contributed by atoms with Crippen molar-refractivity contribution in [1.82, 2.24) is 5.32 Å². The van der Waals surface area contributed by atoms with E-state index in [1.54, 1.807) is 6.08 Å². The van der Waals surface area contributed by atoms with Crippen LogP contribution >= 0.6 is 7.82 Å². The number of Topliss-reactive ketones (excluding diaryl/α,β-unsaturated/α-hetero) is 1. The molecule has 7 atom stereocenters. The smallest absolute Gasteiger partial charge is 0.392 e. The molecular weight excluding hydrogens is 719 g/mol. The molecule has 1 unspecified atom stereocenters. The largest absolute Gasteiger partial charge is 0.472 e. The first-order valence-electron chi connectivity index (χ1n) is 22.2. The average Bonchev–Trinajstić information content (AvgIpc) is 3.39. The highest BCUT2D eigenvalue weighted by atomic mass is 31.2. The van der Waals surface area contributed by atoms with Crippen molar-refractivity contribution < 1.29 is 47.9 Å². The van der Waals surface area contributed by atoms with E-state index < -0.39 is 32.2 Å². The van der Waals surface area contributed by atoms with E-state index in [9.17, 15) is 34.4 Å². The van der Waals surface area contributed by atoms with Gasteiger partial charge in [-0.1, -0.05) is 148 Å². The van der Waals surface area contributed by atoms with Gasteiger partial charge in [-0.2, -0.15) is 0 Å². The molecule has 1 fully saturated rings. The summed E-state index contributed by atoms with van der Waals surface area (Å²) in [4.78, 5) is 35.9. The molecule has 0 spiro atoms. The predicted octanol–water partition coefficient (Wildman–Crippen LogP) is 8.56. The summed E-state index contributed by atoms with van der Waals surface area (Å²) in [5.74, 6) is -0.720. The van der Waals surface area contributed by atoms with Crippen LogP contribution in [0.15, 0.2) is 12.2 Å². The number of carbonyl (C=O) groups is 2. The summed E-state index contributed by atoms with van der Waals surface area (Å²) < 4.78 is 23.6. The molecule has 0 heterocycles. The van der Waals surface area contributed by atoms with Gasteiger partial charge < -0.3 is 30.0 Å². The van der Waals surface area contributed by atoms with E-state index in [1.807, 2.05) is 27.2 Å². The van der Waals surface area contributed by atoms with Crippen molar-refractivity contribution in [3.8, 4) is 0 Å². The van der Waals surface area contributed by atoms with E-state index >= 15 is 0 Å². The summed E-state index contributed by atoms with van der Waals surface area (Å²) in [5, 5.41) is 34.7. The van der Waals surface area contributed by atoms with E-state index in [0.717, 1.165) is 57.8 Å². The number of hydrogen-bond acceptors (Lipinski definition) is 8. The van der Waals surface area contributed by atoms with Crippen LogP contribution < -0.4 is 5.32 Å². The first-order chi connectivity index (χ1) is 26.2. The zero-order valence-electron chi connectivity index (χ0n) is 35.6. The summed E-state index contributed by atoms with van der Waals surface area (Å²) in [6.45, 7) is 4.57. The van der Waals surface area contributed by atoms with Gasteiger partial charge >= 0.3 is 7.82 Å². The molecule has 0 radical (unpaired) electrons. The zero-order chi connectivity index (χ0) is 41.0. The highest BCUT2D eigenvalue weighted by molar-refractivity contribution is 7.47. The van der Waals surface area contributed by atoms with Crippen LogP contribution in [-0.4, -0.2) is 102 Å². The molecule has 1 aliphatic carbocycles. The third kappa shape index (κ3) is 27.2. The lowest BCUT2D eigenvalue weighted by molar-refractivity contribution is -0.870. The molecule has 1 rings (SSSR count). The Kier molecular flexibility index (Phi) is 29.1. The number of amides is 1. The van der Waals surface area contributed by atoms with Gasteiger partial charge in [-0.3, -0.25) is 18.6 Å². The van der Waals surface area contributed by atoms with Crippen LogP contribution in [0.5, 0.6) is 0 Å². The summed E-state index contributed by atoms with van der Waals surface area (Å²) in [6, 6.07) is -0.845. The fourth-order valence-electron chi connectivity index (χ4n) is 7.29. The zero-order valence-corrected chi connectivity index (χ0v) is 36.5. The molecule has 324 valence electrons. The first-order valence-corrected chi connectivity index (χ1v) is 23.7. The number of aliphatic hydroxyl groups excluding tert-OH is 3. The van der Waals surface area contributed by atoms with Crippen LogP contribution in [-0.2, 0) is 23.2 Å². The molecule has 0 aliphatic heterocycles. The number of ketones is 1. The summed E-state index contributed by atoms with van der Waals surface area (Å²) in [6.07, 6.45) is 25.5. The third-order valence-corrected chi connectivity index (χ3v) is 11.9. The fraction of sp³-hybridized carbons (Fsp3) is 0.907. The second-order valence-corrected chi connectivity index (χ2v) is 18.7. The first kappa shape index (κ1) is 51.8. The van der Waals surface area contributed by atoms with Crippen molar-refractivity contribution >= 4 is 19.5 Å². The molecule has 11 nitrogen and oxygen atoms in total. The van der Waals surface area contributed by atoms with E-state index in [1.165, 1.54) is 64.2 Å².